The normalized spacial score (nSPS) is 18.1. The number of benzene rings is 1. The van der Waals surface area contributed by atoms with Crippen molar-refractivity contribution in [3.8, 4) is 0 Å². The fourth-order valence-electron chi connectivity index (χ4n) is 3.03. The van der Waals surface area contributed by atoms with Crippen LogP contribution >= 0.6 is 0 Å². The van der Waals surface area contributed by atoms with Crippen molar-refractivity contribution in [2.24, 2.45) is 11.7 Å². The molecule has 0 radical (unpaired) electrons. The van der Waals surface area contributed by atoms with E-state index in [1.165, 1.54) is 36.8 Å². The SMILES string of the molecule is CC(C)Cc1ccc(C(CN)NC2CCCC2)cc1. The monoisotopic (exact) mass is 260 g/mol. The van der Waals surface area contributed by atoms with Crippen LogP contribution in [0, 0.1) is 5.92 Å². The average molecular weight is 260 g/mol. The molecule has 1 aliphatic carbocycles. The van der Waals surface area contributed by atoms with Crippen LogP contribution in [0.25, 0.3) is 0 Å². The van der Waals surface area contributed by atoms with E-state index < -0.39 is 0 Å². The fraction of sp³-hybridized carbons (Fsp3) is 0.647. The summed E-state index contributed by atoms with van der Waals surface area (Å²) in [6.07, 6.45) is 6.50. The topological polar surface area (TPSA) is 38.0 Å². The van der Waals surface area contributed by atoms with Crippen LogP contribution in [0.1, 0.15) is 56.7 Å². The minimum Gasteiger partial charge on any atom is -0.329 e. The maximum Gasteiger partial charge on any atom is 0.0446 e. The van der Waals surface area contributed by atoms with Crippen molar-refractivity contribution in [3.63, 3.8) is 0 Å². The van der Waals surface area contributed by atoms with E-state index in [-0.39, 0.29) is 0 Å². The molecule has 1 atom stereocenters. The minimum absolute atomic E-state index is 0.316. The largest absolute Gasteiger partial charge is 0.329 e. The number of hydrogen-bond donors (Lipinski definition) is 2. The van der Waals surface area contributed by atoms with Gasteiger partial charge in [0.1, 0.15) is 0 Å². The molecule has 1 aromatic rings. The van der Waals surface area contributed by atoms with Crippen LogP contribution in [-0.4, -0.2) is 12.6 Å². The van der Waals surface area contributed by atoms with Gasteiger partial charge in [-0.1, -0.05) is 51.0 Å². The van der Waals surface area contributed by atoms with Gasteiger partial charge in [0.2, 0.25) is 0 Å². The first-order valence-electron chi connectivity index (χ1n) is 7.74. The molecule has 2 rings (SSSR count). The van der Waals surface area contributed by atoms with Gasteiger partial charge in [-0.05, 0) is 36.3 Å². The van der Waals surface area contributed by atoms with E-state index in [1.54, 1.807) is 0 Å². The number of rotatable bonds is 6. The third kappa shape index (κ3) is 4.32. The van der Waals surface area contributed by atoms with E-state index in [2.05, 4.69) is 43.4 Å². The number of hydrogen-bond acceptors (Lipinski definition) is 2. The van der Waals surface area contributed by atoms with Gasteiger partial charge in [-0.25, -0.2) is 0 Å². The Morgan fingerprint density at radius 1 is 1.16 bits per heavy atom. The maximum absolute atomic E-state index is 5.94. The summed E-state index contributed by atoms with van der Waals surface area (Å²) >= 11 is 0. The molecule has 0 aromatic heterocycles. The molecule has 2 nitrogen and oxygen atoms in total. The third-order valence-corrected chi connectivity index (χ3v) is 4.05. The van der Waals surface area contributed by atoms with E-state index in [9.17, 15) is 0 Å². The van der Waals surface area contributed by atoms with Gasteiger partial charge in [0, 0.05) is 18.6 Å². The van der Waals surface area contributed by atoms with Crippen molar-refractivity contribution in [1.29, 1.82) is 0 Å². The number of nitrogens with two attached hydrogens (primary N) is 1. The molecule has 0 amide bonds. The zero-order valence-corrected chi connectivity index (χ0v) is 12.4. The molecule has 106 valence electrons. The van der Waals surface area contributed by atoms with Crippen molar-refractivity contribution in [1.82, 2.24) is 5.32 Å². The molecule has 1 aliphatic rings. The van der Waals surface area contributed by atoms with Gasteiger partial charge in [0.25, 0.3) is 0 Å². The lowest BCUT2D eigenvalue weighted by molar-refractivity contribution is 0.444. The van der Waals surface area contributed by atoms with E-state index in [4.69, 9.17) is 5.73 Å². The Balaban J connectivity index is 1.97. The Kier molecular flexibility index (Phi) is 5.41. The lowest BCUT2D eigenvalue weighted by atomic mass is 9.99. The second-order valence-corrected chi connectivity index (χ2v) is 6.28. The highest BCUT2D eigenvalue weighted by Crippen LogP contribution is 2.22. The molecule has 0 spiro atoms. The summed E-state index contributed by atoms with van der Waals surface area (Å²) in [5, 5.41) is 3.72. The second-order valence-electron chi connectivity index (χ2n) is 6.28. The molecule has 0 heterocycles. The molecule has 3 N–H and O–H groups in total. The Morgan fingerprint density at radius 2 is 1.79 bits per heavy atom. The second kappa shape index (κ2) is 7.06. The molecule has 2 heteroatoms. The first-order chi connectivity index (χ1) is 9.19. The van der Waals surface area contributed by atoms with Gasteiger partial charge in [0.05, 0.1) is 0 Å². The van der Waals surface area contributed by atoms with Crippen LogP contribution < -0.4 is 11.1 Å². The fourth-order valence-corrected chi connectivity index (χ4v) is 3.03. The van der Waals surface area contributed by atoms with Crippen LogP contribution in [0.5, 0.6) is 0 Å². The molecule has 0 bridgehead atoms. The quantitative estimate of drug-likeness (QED) is 0.822. The van der Waals surface area contributed by atoms with E-state index in [0.29, 0.717) is 24.5 Å². The van der Waals surface area contributed by atoms with E-state index in [0.717, 1.165) is 6.42 Å². The van der Waals surface area contributed by atoms with Crippen molar-refractivity contribution in [3.05, 3.63) is 35.4 Å². The van der Waals surface area contributed by atoms with Gasteiger partial charge >= 0.3 is 0 Å². The minimum atomic E-state index is 0.316. The van der Waals surface area contributed by atoms with Gasteiger partial charge < -0.3 is 11.1 Å². The summed E-state index contributed by atoms with van der Waals surface area (Å²) in [5.41, 5.74) is 8.70. The predicted molar refractivity (Wildman–Crippen MR) is 82.2 cm³/mol. The molecule has 1 aromatic carbocycles. The Morgan fingerprint density at radius 3 is 2.32 bits per heavy atom. The number of nitrogens with one attached hydrogen (secondary N) is 1. The van der Waals surface area contributed by atoms with Crippen LogP contribution in [0.4, 0.5) is 0 Å². The predicted octanol–water partition coefficient (Wildman–Crippen LogP) is 3.42. The Hall–Kier alpha value is -0.860. The molecule has 1 saturated carbocycles. The Labute approximate surface area is 117 Å². The van der Waals surface area contributed by atoms with E-state index >= 15 is 0 Å². The molecular formula is C17H28N2. The maximum atomic E-state index is 5.94. The molecule has 1 fully saturated rings. The zero-order valence-electron chi connectivity index (χ0n) is 12.4. The van der Waals surface area contributed by atoms with Gasteiger partial charge in [0.15, 0.2) is 0 Å². The van der Waals surface area contributed by atoms with Crippen molar-refractivity contribution < 1.29 is 0 Å². The van der Waals surface area contributed by atoms with Crippen LogP contribution in [-0.2, 0) is 6.42 Å². The van der Waals surface area contributed by atoms with Crippen molar-refractivity contribution in [2.75, 3.05) is 6.54 Å². The Bertz CT molecular complexity index is 363. The highest BCUT2D eigenvalue weighted by molar-refractivity contribution is 5.25. The lowest BCUT2D eigenvalue weighted by Crippen LogP contribution is -2.35. The summed E-state index contributed by atoms with van der Waals surface area (Å²) in [7, 11) is 0. The van der Waals surface area contributed by atoms with Crippen molar-refractivity contribution >= 4 is 0 Å². The molecule has 0 aliphatic heterocycles. The molecule has 1 unspecified atom stereocenters. The standard InChI is InChI=1S/C17H28N2/c1-13(2)11-14-7-9-15(10-8-14)17(12-18)19-16-5-3-4-6-16/h7-10,13,16-17,19H,3-6,11-12,18H2,1-2H3. The average Bonchev–Trinajstić information content (AvgIpc) is 2.89. The van der Waals surface area contributed by atoms with E-state index in [1.807, 2.05) is 0 Å². The lowest BCUT2D eigenvalue weighted by Gasteiger charge is -2.22. The molecular weight excluding hydrogens is 232 g/mol. The first-order valence-corrected chi connectivity index (χ1v) is 7.74. The van der Waals surface area contributed by atoms with Gasteiger partial charge in [-0.3, -0.25) is 0 Å². The summed E-state index contributed by atoms with van der Waals surface area (Å²) in [6.45, 7) is 5.20. The summed E-state index contributed by atoms with van der Waals surface area (Å²) in [6, 6.07) is 10.00. The zero-order chi connectivity index (χ0) is 13.7. The highest BCUT2D eigenvalue weighted by atomic mass is 15.0. The summed E-state index contributed by atoms with van der Waals surface area (Å²) in [5.74, 6) is 0.716. The highest BCUT2D eigenvalue weighted by Gasteiger charge is 2.19. The summed E-state index contributed by atoms with van der Waals surface area (Å²) < 4.78 is 0. The smallest absolute Gasteiger partial charge is 0.0446 e. The van der Waals surface area contributed by atoms with Crippen LogP contribution in [0.3, 0.4) is 0 Å². The summed E-state index contributed by atoms with van der Waals surface area (Å²) in [4.78, 5) is 0. The van der Waals surface area contributed by atoms with Crippen LogP contribution in [0.2, 0.25) is 0 Å². The van der Waals surface area contributed by atoms with Gasteiger partial charge in [-0.2, -0.15) is 0 Å². The third-order valence-electron chi connectivity index (χ3n) is 4.05. The van der Waals surface area contributed by atoms with Gasteiger partial charge in [-0.15, -0.1) is 0 Å². The molecule has 19 heavy (non-hydrogen) atoms. The first kappa shape index (κ1) is 14.5. The van der Waals surface area contributed by atoms with Crippen LogP contribution in [0.15, 0.2) is 24.3 Å². The van der Waals surface area contributed by atoms with Crippen molar-refractivity contribution in [2.45, 2.75) is 58.0 Å². The molecule has 0 saturated heterocycles.